The molecule has 1 unspecified atom stereocenters. The third-order valence-electron chi connectivity index (χ3n) is 5.89. The predicted molar refractivity (Wildman–Crippen MR) is 130 cm³/mol. The first-order valence-electron chi connectivity index (χ1n) is 10.5. The lowest BCUT2D eigenvalue weighted by molar-refractivity contribution is -0.145. The maximum atomic E-state index is 13.2. The number of thioether (sulfide) groups is 1. The molecule has 3 heterocycles. The number of hydrogen-bond acceptors (Lipinski definition) is 7. The average molecular weight is 495 g/mol. The molecule has 172 valence electrons. The van der Waals surface area contributed by atoms with Crippen LogP contribution in [-0.4, -0.2) is 59.9 Å². The predicted octanol–water partition coefficient (Wildman–Crippen LogP) is 4.86. The third-order valence-corrected chi connectivity index (χ3v) is 8.32. The van der Waals surface area contributed by atoms with Crippen LogP contribution in [0.1, 0.15) is 32.8 Å². The zero-order chi connectivity index (χ0) is 23.1. The number of anilines is 2. The van der Waals surface area contributed by atoms with Gasteiger partial charge < -0.3 is 9.64 Å². The number of carbonyl (C=O) groups excluding carboxylic acids is 2. The summed E-state index contributed by atoms with van der Waals surface area (Å²) in [7, 11) is 2.11. The molecule has 2 aliphatic heterocycles. The molecule has 1 spiro atoms. The fourth-order valence-corrected chi connectivity index (χ4v) is 6.86. The Hall–Kier alpha value is -1.81. The van der Waals surface area contributed by atoms with Gasteiger partial charge >= 0.3 is 12.0 Å². The number of aromatic nitrogens is 1. The highest BCUT2D eigenvalue weighted by Gasteiger charge is 2.48. The molecular formula is C22H27ClN4O3S2. The molecular weight excluding hydrogens is 468 g/mol. The summed E-state index contributed by atoms with van der Waals surface area (Å²) < 4.78 is 5.24. The van der Waals surface area contributed by atoms with E-state index in [1.807, 2.05) is 32.0 Å². The summed E-state index contributed by atoms with van der Waals surface area (Å²) in [5.41, 5.74) is 1.94. The second-order valence-electron chi connectivity index (χ2n) is 8.76. The fraction of sp³-hybridized carbons (Fsp3) is 0.500. The quantitative estimate of drug-likeness (QED) is 0.472. The van der Waals surface area contributed by atoms with Crippen molar-refractivity contribution in [2.45, 2.75) is 41.6 Å². The third kappa shape index (κ3) is 4.48. The van der Waals surface area contributed by atoms with E-state index in [-0.39, 0.29) is 17.4 Å². The number of hydrogen-bond donors (Lipinski definition) is 1. The number of rotatable bonds is 5. The minimum atomic E-state index is -0.738. The van der Waals surface area contributed by atoms with Crippen LogP contribution in [0, 0.1) is 0 Å². The van der Waals surface area contributed by atoms with E-state index in [0.29, 0.717) is 23.3 Å². The Morgan fingerprint density at radius 2 is 2.16 bits per heavy atom. The number of likely N-dealkylation sites (N-methyl/N-ethyl adjacent to an activating group) is 1. The Bertz CT molecular complexity index is 1040. The van der Waals surface area contributed by atoms with Crippen LogP contribution in [0.4, 0.5) is 15.6 Å². The van der Waals surface area contributed by atoms with Crippen molar-refractivity contribution in [2.24, 2.45) is 0 Å². The molecule has 1 aromatic heterocycles. The Balaban J connectivity index is 1.49. The van der Waals surface area contributed by atoms with Gasteiger partial charge in [0, 0.05) is 29.2 Å². The number of fused-ring (bicyclic) bond motifs is 2. The summed E-state index contributed by atoms with van der Waals surface area (Å²) in [5.74, 6) is -0.275. The number of nitrogens with zero attached hydrogens (tertiary/aromatic N) is 3. The first-order chi connectivity index (χ1) is 15.1. The van der Waals surface area contributed by atoms with E-state index >= 15 is 0 Å². The van der Waals surface area contributed by atoms with Gasteiger partial charge in [-0.25, -0.2) is 9.78 Å². The molecule has 1 N–H and O–H groups in total. The second-order valence-corrected chi connectivity index (χ2v) is 12.2. The lowest BCUT2D eigenvalue weighted by Crippen LogP contribution is -2.40. The normalized spacial score (nSPS) is 20.6. The number of nitrogens with one attached hydrogen (secondary N) is 1. The number of urea groups is 1. The van der Waals surface area contributed by atoms with Crippen LogP contribution in [0.5, 0.6) is 0 Å². The summed E-state index contributed by atoms with van der Waals surface area (Å²) in [5, 5.41) is 4.12. The Morgan fingerprint density at radius 1 is 1.38 bits per heavy atom. The highest BCUT2D eigenvalue weighted by molar-refractivity contribution is 8.03. The molecule has 1 fully saturated rings. The Morgan fingerprint density at radius 3 is 2.84 bits per heavy atom. The smallest absolute Gasteiger partial charge is 0.328 e. The van der Waals surface area contributed by atoms with Crippen molar-refractivity contribution in [1.82, 2.24) is 9.88 Å². The topological polar surface area (TPSA) is 74.8 Å². The SMILES string of the molecule is CCOC(=O)C(C)(C)Sc1cnc(NC(=O)N2CC3(CCN(C)C3)c3cc(Cl)ccc32)s1. The van der Waals surface area contributed by atoms with E-state index in [1.54, 1.807) is 18.0 Å². The molecule has 32 heavy (non-hydrogen) atoms. The van der Waals surface area contributed by atoms with Crippen molar-refractivity contribution >= 4 is 57.5 Å². The molecule has 2 aliphatic rings. The van der Waals surface area contributed by atoms with Crippen LogP contribution in [0.3, 0.4) is 0 Å². The standard InChI is InChI=1S/C22H27ClN4O3S2/c1-5-30-18(28)21(2,3)32-17-11-24-19(31-17)25-20(29)27-13-22(8-9-26(4)12-22)15-10-14(23)6-7-16(15)27/h6-7,10-11H,5,8-9,12-13H2,1-4H3,(H,24,25,29). The van der Waals surface area contributed by atoms with Gasteiger partial charge in [0.1, 0.15) is 4.75 Å². The lowest BCUT2D eigenvalue weighted by Gasteiger charge is -2.25. The monoisotopic (exact) mass is 494 g/mol. The average Bonchev–Trinajstić information content (AvgIpc) is 3.40. The Kier molecular flexibility index (Phi) is 6.46. The van der Waals surface area contributed by atoms with Crippen LogP contribution in [0.2, 0.25) is 5.02 Å². The van der Waals surface area contributed by atoms with Crippen molar-refractivity contribution in [3.63, 3.8) is 0 Å². The largest absolute Gasteiger partial charge is 0.465 e. The van der Waals surface area contributed by atoms with Crippen LogP contribution in [0.25, 0.3) is 0 Å². The first kappa shape index (κ1) is 23.4. The fourth-order valence-electron chi connectivity index (χ4n) is 4.37. The van der Waals surface area contributed by atoms with Crippen molar-refractivity contribution in [3.8, 4) is 0 Å². The molecule has 2 amide bonds. The zero-order valence-electron chi connectivity index (χ0n) is 18.6. The number of halogens is 1. The molecule has 2 aromatic rings. The van der Waals surface area contributed by atoms with Gasteiger partial charge in [-0.3, -0.25) is 15.0 Å². The first-order valence-corrected chi connectivity index (χ1v) is 12.5. The van der Waals surface area contributed by atoms with Crippen molar-refractivity contribution in [1.29, 1.82) is 0 Å². The van der Waals surface area contributed by atoms with Crippen molar-refractivity contribution in [3.05, 3.63) is 35.0 Å². The highest BCUT2D eigenvalue weighted by atomic mass is 35.5. The molecule has 7 nitrogen and oxygen atoms in total. The van der Waals surface area contributed by atoms with E-state index in [4.69, 9.17) is 16.3 Å². The van der Waals surface area contributed by atoms with E-state index in [2.05, 4.69) is 22.2 Å². The summed E-state index contributed by atoms with van der Waals surface area (Å²) in [6, 6.07) is 5.54. The molecule has 0 saturated carbocycles. The maximum Gasteiger partial charge on any atom is 0.328 e. The highest BCUT2D eigenvalue weighted by Crippen LogP contribution is 2.47. The number of thiazole rings is 1. The maximum absolute atomic E-state index is 13.2. The molecule has 1 aromatic carbocycles. The van der Waals surface area contributed by atoms with Crippen LogP contribution >= 0.6 is 34.7 Å². The van der Waals surface area contributed by atoms with Gasteiger partial charge in [-0.05, 0) is 64.5 Å². The van der Waals surface area contributed by atoms with Gasteiger partial charge in [-0.2, -0.15) is 0 Å². The van der Waals surface area contributed by atoms with E-state index < -0.39 is 4.75 Å². The van der Waals surface area contributed by atoms with E-state index in [9.17, 15) is 9.59 Å². The van der Waals surface area contributed by atoms with Crippen LogP contribution < -0.4 is 10.2 Å². The summed E-state index contributed by atoms with van der Waals surface area (Å²) >= 11 is 9.02. The molecule has 4 rings (SSSR count). The zero-order valence-corrected chi connectivity index (χ0v) is 21.0. The van der Waals surface area contributed by atoms with Gasteiger partial charge in [0.2, 0.25) is 0 Å². The number of amides is 2. The number of benzene rings is 1. The molecule has 0 radical (unpaired) electrons. The van der Waals surface area contributed by atoms with Gasteiger partial charge in [-0.15, -0.1) is 0 Å². The lowest BCUT2D eigenvalue weighted by atomic mass is 9.81. The van der Waals surface area contributed by atoms with Gasteiger partial charge in [0.25, 0.3) is 0 Å². The van der Waals surface area contributed by atoms with Crippen LogP contribution in [-0.2, 0) is 14.9 Å². The minimum Gasteiger partial charge on any atom is -0.465 e. The van der Waals surface area contributed by atoms with Gasteiger partial charge in [-0.1, -0.05) is 34.7 Å². The van der Waals surface area contributed by atoms with Gasteiger partial charge in [0.15, 0.2) is 5.13 Å². The molecule has 0 bridgehead atoms. The molecule has 0 aliphatic carbocycles. The minimum absolute atomic E-state index is 0.0973. The number of carbonyl (C=O) groups is 2. The molecule has 1 atom stereocenters. The molecule has 10 heteroatoms. The number of ether oxygens (including phenoxy) is 1. The van der Waals surface area contributed by atoms with E-state index in [1.165, 1.54) is 23.1 Å². The summed E-state index contributed by atoms with van der Waals surface area (Å²) in [4.78, 5) is 33.8. The second kappa shape index (κ2) is 8.85. The van der Waals surface area contributed by atoms with E-state index in [0.717, 1.165) is 35.0 Å². The van der Waals surface area contributed by atoms with Crippen molar-refractivity contribution in [2.75, 3.05) is 43.5 Å². The van der Waals surface area contributed by atoms with Crippen LogP contribution in [0.15, 0.2) is 28.6 Å². The summed E-state index contributed by atoms with van der Waals surface area (Å²) in [6.45, 7) is 8.26. The summed E-state index contributed by atoms with van der Waals surface area (Å²) in [6.07, 6.45) is 2.67. The van der Waals surface area contributed by atoms with Crippen molar-refractivity contribution < 1.29 is 14.3 Å². The number of likely N-dealkylation sites (tertiary alicyclic amines) is 1. The Labute approximate surface area is 201 Å². The number of esters is 1. The van der Waals surface area contributed by atoms with Gasteiger partial charge in [0.05, 0.1) is 17.0 Å². The molecule has 1 saturated heterocycles.